The van der Waals surface area contributed by atoms with Crippen LogP contribution in [0.25, 0.3) is 33.1 Å². The number of phenolic OH excluding ortho intramolecular Hbond substituents is 1. The second-order valence-corrected chi connectivity index (χ2v) is 27.1. The van der Waals surface area contributed by atoms with Gasteiger partial charge in [-0.3, -0.25) is 0 Å². The quantitative estimate of drug-likeness (QED) is 0.143. The molecule has 1 N–H and O–H groups in total. The van der Waals surface area contributed by atoms with E-state index < -0.39 is 8.24 Å². The molecule has 0 fully saturated rings. The summed E-state index contributed by atoms with van der Waals surface area (Å²) in [6, 6.07) is 18.6. The number of phenols is 1. The first-order valence-electron chi connectivity index (χ1n) is 24.7. The van der Waals surface area contributed by atoms with Gasteiger partial charge in [-0.15, -0.1) is 0 Å². The minimum atomic E-state index is -2.12. The van der Waals surface area contributed by atoms with Gasteiger partial charge in [0.2, 0.25) is 0 Å². The van der Waals surface area contributed by atoms with E-state index in [2.05, 4.69) is 215 Å². The Morgan fingerprint density at radius 3 is 1.09 bits per heavy atom. The number of hydrogen-bond donors (Lipinski definition) is 1. The minimum Gasteiger partial charge on any atom is -0.507 e. The number of rotatable bonds is 11. The second-order valence-electron chi connectivity index (χ2n) is 26.1. The highest BCUT2D eigenvalue weighted by Gasteiger charge is 2.36. The summed E-state index contributed by atoms with van der Waals surface area (Å²) in [7, 11) is -2.12. The van der Waals surface area contributed by atoms with Crippen LogP contribution in [0.5, 0.6) is 11.5 Å². The number of hydrogen-bond acceptors (Lipinski definition) is 4. The van der Waals surface area contributed by atoms with E-state index in [1.165, 1.54) is 22.3 Å². The molecular weight excluding hydrogens is 816 g/mol. The van der Waals surface area contributed by atoms with E-state index in [-0.39, 0.29) is 43.3 Å². The summed E-state index contributed by atoms with van der Waals surface area (Å²) < 4.78 is 22.6. The van der Waals surface area contributed by atoms with Gasteiger partial charge in [0.15, 0.2) is 0 Å². The van der Waals surface area contributed by atoms with E-state index in [0.29, 0.717) is 11.5 Å². The molecule has 4 aromatic carbocycles. The normalized spacial score (nSPS) is 13.8. The molecule has 1 heterocycles. The van der Waals surface area contributed by atoms with Crippen molar-refractivity contribution < 1.29 is 18.0 Å². The average molecular weight is 905 g/mol. The standard InChI is InChI=1S/C60H89O4P/c1-25-57(17,18)39-31-41(49(61)45(35-39)59(21,22)27-3)42-32-40(58(19,20)26-2)36-48(60(23,24)28-4)52(42)64-65-62-50-43(29-37(53(5,6)7)33-46(50)55(11,12)13)44-30-38(54(8,9)10)34-47(51(44)63-65)56(14,15)16/h29-36,61H,25-28H2,1-24H3. The lowest BCUT2D eigenvalue weighted by Crippen LogP contribution is -2.22. The zero-order chi connectivity index (χ0) is 49.4. The minimum absolute atomic E-state index is 0.115. The van der Waals surface area contributed by atoms with E-state index >= 15 is 0 Å². The molecule has 358 valence electrons. The molecule has 0 spiro atoms. The lowest BCUT2D eigenvalue weighted by atomic mass is 9.72. The Labute approximate surface area is 397 Å². The SMILES string of the molecule is CCC(C)(C)c1cc(-c2cc(C(C)(C)CC)cc(C(C)(C)CC)c2Op2oc3c(C(C)(C)C)cc(C(C)(C)C)cc3c3cc(C(C)(C)C)cc(C(C)(C)C)c3o2)c(O)c(C(C)(C)CC)c1. The van der Waals surface area contributed by atoms with Crippen molar-refractivity contribution in [2.75, 3.05) is 0 Å². The lowest BCUT2D eigenvalue weighted by Gasteiger charge is -2.33. The van der Waals surface area contributed by atoms with Crippen molar-refractivity contribution in [1.29, 1.82) is 0 Å². The predicted octanol–water partition coefficient (Wildman–Crippen LogP) is 19.4. The van der Waals surface area contributed by atoms with E-state index in [1.54, 1.807) is 0 Å². The Morgan fingerprint density at radius 1 is 0.400 bits per heavy atom. The van der Waals surface area contributed by atoms with Gasteiger partial charge in [0.1, 0.15) is 22.7 Å². The third-order valence-electron chi connectivity index (χ3n) is 15.4. The largest absolute Gasteiger partial charge is 0.507 e. The predicted molar refractivity (Wildman–Crippen MR) is 284 cm³/mol. The third-order valence-corrected chi connectivity index (χ3v) is 16.4. The van der Waals surface area contributed by atoms with E-state index in [9.17, 15) is 5.11 Å². The first-order valence-corrected chi connectivity index (χ1v) is 25.8. The van der Waals surface area contributed by atoms with Gasteiger partial charge in [-0.2, -0.15) is 0 Å². The lowest BCUT2D eigenvalue weighted by molar-refractivity contribution is 0.425. The van der Waals surface area contributed by atoms with Crippen LogP contribution in [0, 0.1) is 0 Å². The van der Waals surface area contributed by atoms with Crippen LogP contribution >= 0.6 is 8.24 Å². The fourth-order valence-corrected chi connectivity index (χ4v) is 9.62. The summed E-state index contributed by atoms with van der Waals surface area (Å²) in [5.41, 5.74) is 10.9. The molecule has 1 aromatic heterocycles. The molecule has 5 rings (SSSR count). The smallest absolute Gasteiger partial charge is 0.453 e. The zero-order valence-electron chi connectivity index (χ0n) is 45.6. The fourth-order valence-electron chi connectivity index (χ4n) is 8.47. The van der Waals surface area contributed by atoms with Gasteiger partial charge >= 0.3 is 8.24 Å². The summed E-state index contributed by atoms with van der Waals surface area (Å²) >= 11 is 0. The highest BCUT2D eigenvalue weighted by molar-refractivity contribution is 7.32. The molecule has 0 atom stereocenters. The Bertz CT molecular complexity index is 2510. The molecule has 5 heteroatoms. The maximum absolute atomic E-state index is 12.8. The van der Waals surface area contributed by atoms with Gasteiger partial charge in [-0.1, -0.05) is 190 Å². The first-order chi connectivity index (χ1) is 29.4. The molecule has 5 aromatic rings. The van der Waals surface area contributed by atoms with Crippen LogP contribution in [0.3, 0.4) is 0 Å². The monoisotopic (exact) mass is 905 g/mol. The topological polar surface area (TPSA) is 55.7 Å². The number of benzene rings is 4. The van der Waals surface area contributed by atoms with E-state index in [4.69, 9.17) is 12.9 Å². The Balaban J connectivity index is 2.14. The Kier molecular flexibility index (Phi) is 14.1. The van der Waals surface area contributed by atoms with Gasteiger partial charge in [0, 0.05) is 44.2 Å². The molecule has 0 aliphatic carbocycles. The Hall–Kier alpha value is -3.62. The van der Waals surface area contributed by atoms with Crippen LogP contribution in [0.4, 0.5) is 0 Å². The summed E-state index contributed by atoms with van der Waals surface area (Å²) in [5.74, 6) is 1.02. The molecule has 0 aliphatic rings. The average Bonchev–Trinajstić information content (AvgIpc) is 3.34. The molecule has 0 unspecified atom stereocenters. The molecule has 0 aliphatic heterocycles. The van der Waals surface area contributed by atoms with Crippen LogP contribution in [0.15, 0.2) is 56.9 Å². The van der Waals surface area contributed by atoms with Crippen LogP contribution < -0.4 is 4.52 Å². The number of fused-ring (bicyclic) bond motifs is 3. The Morgan fingerprint density at radius 2 is 0.738 bits per heavy atom. The van der Waals surface area contributed by atoms with Gasteiger partial charge in [0.25, 0.3) is 0 Å². The summed E-state index contributed by atoms with van der Waals surface area (Å²) in [4.78, 5) is 0. The molecule has 4 nitrogen and oxygen atoms in total. The summed E-state index contributed by atoms with van der Waals surface area (Å²) in [6.45, 7) is 54.8. The summed E-state index contributed by atoms with van der Waals surface area (Å²) in [6.07, 6.45) is 3.66. The van der Waals surface area contributed by atoms with Crippen LogP contribution in [0.2, 0.25) is 0 Å². The van der Waals surface area contributed by atoms with Crippen LogP contribution in [-0.4, -0.2) is 5.11 Å². The maximum atomic E-state index is 12.8. The highest BCUT2D eigenvalue weighted by Crippen LogP contribution is 2.54. The molecule has 65 heavy (non-hydrogen) atoms. The van der Waals surface area contributed by atoms with Gasteiger partial charge in [-0.25, -0.2) is 0 Å². The molecule has 0 radical (unpaired) electrons. The van der Waals surface area contributed by atoms with Crippen molar-refractivity contribution in [2.45, 2.75) is 235 Å². The van der Waals surface area contributed by atoms with Crippen molar-refractivity contribution in [3.8, 4) is 22.6 Å². The van der Waals surface area contributed by atoms with Crippen molar-refractivity contribution in [3.63, 3.8) is 0 Å². The first kappa shape index (κ1) is 52.4. The fraction of sp³-hybridized carbons (Fsp3) is 0.600. The third kappa shape index (κ3) is 10.4. The van der Waals surface area contributed by atoms with Crippen molar-refractivity contribution in [2.24, 2.45) is 0 Å². The van der Waals surface area contributed by atoms with E-state index in [1.807, 2.05) is 0 Å². The molecule has 0 saturated carbocycles. The summed E-state index contributed by atoms with van der Waals surface area (Å²) in [5, 5.41) is 14.9. The van der Waals surface area contributed by atoms with E-state index in [0.717, 1.165) is 81.0 Å². The molecule has 0 saturated heterocycles. The highest BCUT2D eigenvalue weighted by atomic mass is 31.1. The molecule has 0 amide bonds. The van der Waals surface area contributed by atoms with Crippen molar-refractivity contribution in [1.82, 2.24) is 0 Å². The van der Waals surface area contributed by atoms with Gasteiger partial charge < -0.3 is 18.0 Å². The maximum Gasteiger partial charge on any atom is 0.453 e. The molecular formula is C60H89O4P. The molecule has 0 bridgehead atoms. The number of aromatic hydroxyl groups is 1. The van der Waals surface area contributed by atoms with Crippen LogP contribution in [0.1, 0.15) is 236 Å². The van der Waals surface area contributed by atoms with Crippen molar-refractivity contribution in [3.05, 3.63) is 93.0 Å². The van der Waals surface area contributed by atoms with Crippen molar-refractivity contribution >= 4 is 30.2 Å². The van der Waals surface area contributed by atoms with Crippen LogP contribution in [-0.2, 0) is 43.3 Å². The van der Waals surface area contributed by atoms with Gasteiger partial charge in [0.05, 0.1) is 0 Å². The van der Waals surface area contributed by atoms with Gasteiger partial charge in [-0.05, 0) is 116 Å². The zero-order valence-corrected chi connectivity index (χ0v) is 46.5. The second kappa shape index (κ2) is 17.5.